The van der Waals surface area contributed by atoms with Crippen molar-refractivity contribution >= 4 is 17.3 Å². The van der Waals surface area contributed by atoms with Gasteiger partial charge in [-0.2, -0.15) is 0 Å². The largest absolute Gasteiger partial charge is 0.458 e. The summed E-state index contributed by atoms with van der Waals surface area (Å²) in [6.45, 7) is 1.92. The summed E-state index contributed by atoms with van der Waals surface area (Å²) in [6.07, 6.45) is 0.912. The Morgan fingerprint density at radius 2 is 2.55 bits per heavy atom. The first-order valence-electron chi connectivity index (χ1n) is 3.54. The molecule has 0 aromatic carbocycles. The van der Waals surface area contributed by atoms with Gasteiger partial charge in [-0.05, 0) is 23.9 Å². The summed E-state index contributed by atoms with van der Waals surface area (Å²) in [5.74, 6) is -0.159. The van der Waals surface area contributed by atoms with Gasteiger partial charge in [0.15, 0.2) is 0 Å². The lowest BCUT2D eigenvalue weighted by Crippen LogP contribution is -2.23. The minimum absolute atomic E-state index is 0.0459. The van der Waals surface area contributed by atoms with Gasteiger partial charge >= 0.3 is 5.97 Å². The molecule has 0 spiro atoms. The second-order valence-electron chi connectivity index (χ2n) is 2.70. The van der Waals surface area contributed by atoms with Crippen LogP contribution in [0.5, 0.6) is 0 Å². The van der Waals surface area contributed by atoms with Gasteiger partial charge < -0.3 is 4.74 Å². The van der Waals surface area contributed by atoms with Crippen LogP contribution in [0.4, 0.5) is 0 Å². The Morgan fingerprint density at radius 3 is 3.36 bits per heavy atom. The van der Waals surface area contributed by atoms with Crippen molar-refractivity contribution in [1.29, 1.82) is 0 Å². The minimum Gasteiger partial charge on any atom is -0.458 e. The van der Waals surface area contributed by atoms with Crippen LogP contribution >= 0.6 is 11.3 Å². The zero-order valence-corrected chi connectivity index (χ0v) is 6.98. The SMILES string of the molecule is CC1Cc2ccsc2C(=O)O1. The molecule has 2 nitrogen and oxygen atoms in total. The van der Waals surface area contributed by atoms with Crippen molar-refractivity contribution in [2.45, 2.75) is 19.4 Å². The van der Waals surface area contributed by atoms with E-state index in [-0.39, 0.29) is 12.1 Å². The van der Waals surface area contributed by atoms with Gasteiger partial charge in [0.25, 0.3) is 0 Å². The van der Waals surface area contributed by atoms with E-state index in [1.54, 1.807) is 0 Å². The molecule has 11 heavy (non-hydrogen) atoms. The van der Waals surface area contributed by atoms with E-state index in [1.807, 2.05) is 18.4 Å². The van der Waals surface area contributed by atoms with E-state index >= 15 is 0 Å². The van der Waals surface area contributed by atoms with Gasteiger partial charge in [-0.25, -0.2) is 4.79 Å². The molecule has 0 bridgehead atoms. The number of carbonyl (C=O) groups is 1. The summed E-state index contributed by atoms with van der Waals surface area (Å²) in [6, 6.07) is 2.00. The Morgan fingerprint density at radius 1 is 1.73 bits per heavy atom. The van der Waals surface area contributed by atoms with Crippen molar-refractivity contribution in [3.05, 3.63) is 21.9 Å². The van der Waals surface area contributed by atoms with E-state index in [2.05, 4.69) is 0 Å². The van der Waals surface area contributed by atoms with E-state index in [0.29, 0.717) is 0 Å². The Labute approximate surface area is 68.8 Å². The summed E-state index contributed by atoms with van der Waals surface area (Å²) in [4.78, 5) is 11.9. The van der Waals surface area contributed by atoms with Crippen LogP contribution in [-0.2, 0) is 11.2 Å². The number of rotatable bonds is 0. The van der Waals surface area contributed by atoms with Crippen molar-refractivity contribution in [3.8, 4) is 0 Å². The molecular weight excluding hydrogens is 160 g/mol. The van der Waals surface area contributed by atoms with Gasteiger partial charge in [0, 0.05) is 6.42 Å². The van der Waals surface area contributed by atoms with Crippen LogP contribution in [0.15, 0.2) is 11.4 Å². The number of fused-ring (bicyclic) bond motifs is 1. The first kappa shape index (κ1) is 6.85. The first-order valence-corrected chi connectivity index (χ1v) is 4.42. The van der Waals surface area contributed by atoms with Crippen LogP contribution in [0.2, 0.25) is 0 Å². The smallest absolute Gasteiger partial charge is 0.348 e. The van der Waals surface area contributed by atoms with Crippen molar-refractivity contribution in [2.75, 3.05) is 0 Å². The lowest BCUT2D eigenvalue weighted by Gasteiger charge is -2.18. The van der Waals surface area contributed by atoms with Crippen LogP contribution in [0, 0.1) is 0 Å². The third-order valence-corrected chi connectivity index (χ3v) is 2.68. The van der Waals surface area contributed by atoms with E-state index in [1.165, 1.54) is 11.3 Å². The molecule has 58 valence electrons. The van der Waals surface area contributed by atoms with Gasteiger partial charge in [0.2, 0.25) is 0 Å². The number of cyclic esters (lactones) is 1. The fourth-order valence-corrected chi connectivity index (χ4v) is 2.08. The average molecular weight is 168 g/mol. The third kappa shape index (κ3) is 1.05. The fourth-order valence-electron chi connectivity index (χ4n) is 1.26. The summed E-state index contributed by atoms with van der Waals surface area (Å²) in [5, 5.41) is 1.93. The zero-order valence-electron chi connectivity index (χ0n) is 6.16. The maximum atomic E-state index is 11.1. The van der Waals surface area contributed by atoms with Crippen molar-refractivity contribution in [1.82, 2.24) is 0 Å². The summed E-state index contributed by atoms with van der Waals surface area (Å²) in [7, 11) is 0. The highest BCUT2D eigenvalue weighted by atomic mass is 32.1. The number of esters is 1. The molecule has 1 unspecified atom stereocenters. The number of carbonyl (C=O) groups excluding carboxylic acids is 1. The highest BCUT2D eigenvalue weighted by molar-refractivity contribution is 7.12. The molecule has 0 N–H and O–H groups in total. The normalized spacial score (nSPS) is 22.6. The predicted octanol–water partition coefficient (Wildman–Crippen LogP) is 1.85. The lowest BCUT2D eigenvalue weighted by molar-refractivity contribution is 0.0309. The standard InChI is InChI=1S/C8H8O2S/c1-5-4-6-2-3-11-7(6)8(9)10-5/h2-3,5H,4H2,1H3. The molecule has 2 heterocycles. The van der Waals surface area contributed by atoms with Gasteiger partial charge in [-0.1, -0.05) is 0 Å². The lowest BCUT2D eigenvalue weighted by atomic mass is 10.1. The molecule has 1 aliphatic rings. The maximum absolute atomic E-state index is 11.1. The van der Waals surface area contributed by atoms with Gasteiger partial charge in [-0.15, -0.1) is 11.3 Å². The second-order valence-corrected chi connectivity index (χ2v) is 3.61. The highest BCUT2D eigenvalue weighted by Crippen LogP contribution is 2.24. The summed E-state index contributed by atoms with van der Waals surface area (Å²) in [5.41, 5.74) is 1.14. The molecule has 3 heteroatoms. The third-order valence-electron chi connectivity index (χ3n) is 1.75. The molecule has 0 aliphatic carbocycles. The molecule has 0 fully saturated rings. The Hall–Kier alpha value is -0.830. The van der Waals surface area contributed by atoms with Crippen LogP contribution in [0.1, 0.15) is 22.2 Å². The van der Waals surface area contributed by atoms with Crippen molar-refractivity contribution < 1.29 is 9.53 Å². The van der Waals surface area contributed by atoms with Crippen LogP contribution in [0.3, 0.4) is 0 Å². The van der Waals surface area contributed by atoms with E-state index in [4.69, 9.17) is 4.74 Å². The minimum atomic E-state index is -0.159. The molecule has 0 saturated heterocycles. The average Bonchev–Trinajstić information content (AvgIpc) is 2.34. The van der Waals surface area contributed by atoms with Crippen molar-refractivity contribution in [2.24, 2.45) is 0 Å². The number of thiophene rings is 1. The number of hydrogen-bond acceptors (Lipinski definition) is 3. The number of hydrogen-bond donors (Lipinski definition) is 0. The zero-order chi connectivity index (χ0) is 7.84. The monoisotopic (exact) mass is 168 g/mol. The van der Waals surface area contributed by atoms with Crippen LogP contribution in [-0.4, -0.2) is 12.1 Å². The van der Waals surface area contributed by atoms with Crippen LogP contribution < -0.4 is 0 Å². The highest BCUT2D eigenvalue weighted by Gasteiger charge is 2.23. The molecule has 2 rings (SSSR count). The van der Waals surface area contributed by atoms with Gasteiger partial charge in [0.05, 0.1) is 0 Å². The molecule has 0 saturated carbocycles. The molecule has 0 radical (unpaired) electrons. The van der Waals surface area contributed by atoms with E-state index in [9.17, 15) is 4.79 Å². The maximum Gasteiger partial charge on any atom is 0.348 e. The Balaban J connectivity index is 2.44. The first-order chi connectivity index (χ1) is 5.27. The topological polar surface area (TPSA) is 26.3 Å². The van der Waals surface area contributed by atoms with Crippen molar-refractivity contribution in [3.63, 3.8) is 0 Å². The molecular formula is C8H8O2S. The second kappa shape index (κ2) is 2.34. The number of ether oxygens (including phenoxy) is 1. The summed E-state index contributed by atoms with van der Waals surface area (Å²) >= 11 is 1.46. The Kier molecular flexibility index (Phi) is 1.46. The molecule has 1 aromatic rings. The van der Waals surface area contributed by atoms with E-state index in [0.717, 1.165) is 16.9 Å². The van der Waals surface area contributed by atoms with E-state index < -0.39 is 0 Å². The van der Waals surface area contributed by atoms with Gasteiger partial charge in [0.1, 0.15) is 11.0 Å². The summed E-state index contributed by atoms with van der Waals surface area (Å²) < 4.78 is 5.04. The fraction of sp³-hybridized carbons (Fsp3) is 0.375. The molecule has 1 aromatic heterocycles. The quantitative estimate of drug-likeness (QED) is 0.552. The van der Waals surface area contributed by atoms with Gasteiger partial charge in [-0.3, -0.25) is 0 Å². The Bertz CT molecular complexity index is 290. The molecule has 0 amide bonds. The van der Waals surface area contributed by atoms with Crippen LogP contribution in [0.25, 0.3) is 0 Å². The predicted molar refractivity (Wildman–Crippen MR) is 42.9 cm³/mol. The molecule has 1 aliphatic heterocycles. The molecule has 1 atom stereocenters.